The molecule has 0 radical (unpaired) electrons. The van der Waals surface area contributed by atoms with Crippen molar-refractivity contribution in [2.45, 2.75) is 32.4 Å². The van der Waals surface area contributed by atoms with Crippen LogP contribution in [0.4, 0.5) is 0 Å². The van der Waals surface area contributed by atoms with Gasteiger partial charge in [-0.05, 0) is 19.8 Å². The average molecular weight is 289 g/mol. The molecule has 0 aliphatic carbocycles. The first-order valence-corrected chi connectivity index (χ1v) is 8.77. The number of sulfonamides is 1. The second kappa shape index (κ2) is 5.64. The first-order chi connectivity index (χ1) is 8.47. The number of aryl methyl sites for hydroxylation is 1. The molecular formula is C11H19N3O2S2. The Labute approximate surface area is 112 Å². The van der Waals surface area contributed by atoms with Crippen LogP contribution in [-0.4, -0.2) is 43.1 Å². The molecule has 0 amide bonds. The number of aromatic nitrogens is 1. The highest BCUT2D eigenvalue weighted by atomic mass is 32.2. The second-order valence-electron chi connectivity index (χ2n) is 4.68. The molecule has 0 saturated carbocycles. The molecule has 1 saturated heterocycles. The lowest BCUT2D eigenvalue weighted by molar-refractivity contribution is 0.290. The summed E-state index contributed by atoms with van der Waals surface area (Å²) >= 11 is 1.66. The van der Waals surface area contributed by atoms with E-state index >= 15 is 0 Å². The molecule has 1 aromatic rings. The van der Waals surface area contributed by atoms with Gasteiger partial charge in [0.25, 0.3) is 0 Å². The third-order valence-electron chi connectivity index (χ3n) is 3.32. The number of hydrogen-bond donors (Lipinski definition) is 1. The zero-order chi connectivity index (χ0) is 13.2. The maximum atomic E-state index is 11.4. The monoisotopic (exact) mass is 289 g/mol. The van der Waals surface area contributed by atoms with Crippen LogP contribution in [0.5, 0.6) is 0 Å². The standard InChI is InChI=1S/C11H19N3O2S2/c1-9-11(17-8-13-9)7-12-10-3-5-14(6-4-10)18(2,15)16/h8,10,12H,3-7H2,1-2H3. The van der Waals surface area contributed by atoms with E-state index in [1.807, 2.05) is 12.4 Å². The Kier molecular flexibility index (Phi) is 4.37. The van der Waals surface area contributed by atoms with Gasteiger partial charge in [0.15, 0.2) is 0 Å². The number of hydrogen-bond acceptors (Lipinski definition) is 5. The number of nitrogens with zero attached hydrogens (tertiary/aromatic N) is 2. The molecule has 102 valence electrons. The van der Waals surface area contributed by atoms with Crippen LogP contribution < -0.4 is 5.32 Å². The van der Waals surface area contributed by atoms with Crippen LogP contribution in [0.3, 0.4) is 0 Å². The fraction of sp³-hybridized carbons (Fsp3) is 0.727. The van der Waals surface area contributed by atoms with E-state index in [0.29, 0.717) is 19.1 Å². The third-order valence-corrected chi connectivity index (χ3v) is 5.56. The van der Waals surface area contributed by atoms with Crippen molar-refractivity contribution in [3.05, 3.63) is 16.1 Å². The van der Waals surface area contributed by atoms with Crippen LogP contribution in [0.15, 0.2) is 5.51 Å². The molecule has 0 spiro atoms. The molecule has 0 aromatic carbocycles. The lowest BCUT2D eigenvalue weighted by Crippen LogP contribution is -2.44. The molecule has 0 unspecified atom stereocenters. The van der Waals surface area contributed by atoms with Crippen molar-refractivity contribution in [2.24, 2.45) is 0 Å². The summed E-state index contributed by atoms with van der Waals surface area (Å²) in [6.45, 7) is 4.09. The van der Waals surface area contributed by atoms with Crippen molar-refractivity contribution in [1.82, 2.24) is 14.6 Å². The fourth-order valence-electron chi connectivity index (χ4n) is 2.12. The Balaban J connectivity index is 1.79. The van der Waals surface area contributed by atoms with E-state index in [9.17, 15) is 8.42 Å². The summed E-state index contributed by atoms with van der Waals surface area (Å²) in [5, 5.41) is 3.49. The van der Waals surface area contributed by atoms with Gasteiger partial charge in [-0.1, -0.05) is 0 Å². The van der Waals surface area contributed by atoms with Crippen molar-refractivity contribution in [1.29, 1.82) is 0 Å². The second-order valence-corrected chi connectivity index (χ2v) is 7.60. The molecule has 1 aliphatic heterocycles. The fourth-order valence-corrected chi connectivity index (χ4v) is 3.73. The highest BCUT2D eigenvalue weighted by Gasteiger charge is 2.24. The van der Waals surface area contributed by atoms with E-state index in [2.05, 4.69) is 10.3 Å². The lowest BCUT2D eigenvalue weighted by Gasteiger charge is -2.30. The summed E-state index contributed by atoms with van der Waals surface area (Å²) in [5.74, 6) is 0. The Morgan fingerprint density at radius 3 is 2.67 bits per heavy atom. The lowest BCUT2D eigenvalue weighted by atomic mass is 10.1. The van der Waals surface area contributed by atoms with Gasteiger partial charge >= 0.3 is 0 Å². The van der Waals surface area contributed by atoms with Crippen LogP contribution in [0.2, 0.25) is 0 Å². The van der Waals surface area contributed by atoms with Gasteiger partial charge in [0.05, 0.1) is 17.5 Å². The predicted octanol–water partition coefficient (Wildman–Crippen LogP) is 0.965. The summed E-state index contributed by atoms with van der Waals surface area (Å²) < 4.78 is 24.3. The minimum Gasteiger partial charge on any atom is -0.309 e. The Morgan fingerprint density at radius 2 is 2.17 bits per heavy atom. The maximum Gasteiger partial charge on any atom is 0.211 e. The molecule has 2 heterocycles. The van der Waals surface area contributed by atoms with Crippen molar-refractivity contribution in [3.8, 4) is 0 Å². The van der Waals surface area contributed by atoms with Crippen LogP contribution in [0, 0.1) is 6.92 Å². The van der Waals surface area contributed by atoms with Crippen molar-refractivity contribution in [2.75, 3.05) is 19.3 Å². The van der Waals surface area contributed by atoms with Crippen LogP contribution in [0.25, 0.3) is 0 Å². The Hall–Kier alpha value is -0.500. The minimum absolute atomic E-state index is 0.407. The summed E-state index contributed by atoms with van der Waals surface area (Å²) in [5.41, 5.74) is 2.94. The molecule has 1 N–H and O–H groups in total. The molecule has 1 aromatic heterocycles. The Morgan fingerprint density at radius 1 is 1.50 bits per heavy atom. The van der Waals surface area contributed by atoms with Crippen LogP contribution >= 0.6 is 11.3 Å². The Bertz CT molecular complexity index is 490. The molecule has 2 rings (SSSR count). The van der Waals surface area contributed by atoms with E-state index in [-0.39, 0.29) is 0 Å². The van der Waals surface area contributed by atoms with E-state index in [1.54, 1.807) is 15.6 Å². The largest absolute Gasteiger partial charge is 0.309 e. The van der Waals surface area contributed by atoms with Gasteiger partial charge in [-0.2, -0.15) is 0 Å². The van der Waals surface area contributed by atoms with Crippen molar-refractivity contribution in [3.63, 3.8) is 0 Å². The van der Waals surface area contributed by atoms with Gasteiger partial charge in [-0.3, -0.25) is 0 Å². The molecule has 1 fully saturated rings. The van der Waals surface area contributed by atoms with Crippen LogP contribution in [-0.2, 0) is 16.6 Å². The van der Waals surface area contributed by atoms with E-state index in [1.165, 1.54) is 11.1 Å². The van der Waals surface area contributed by atoms with E-state index in [0.717, 1.165) is 25.1 Å². The van der Waals surface area contributed by atoms with Gasteiger partial charge in [-0.15, -0.1) is 11.3 Å². The van der Waals surface area contributed by atoms with Crippen LogP contribution in [0.1, 0.15) is 23.4 Å². The van der Waals surface area contributed by atoms with E-state index < -0.39 is 10.0 Å². The molecule has 5 nitrogen and oxygen atoms in total. The first kappa shape index (κ1) is 13.9. The molecule has 18 heavy (non-hydrogen) atoms. The minimum atomic E-state index is -3.02. The van der Waals surface area contributed by atoms with Crippen molar-refractivity contribution >= 4 is 21.4 Å². The quantitative estimate of drug-likeness (QED) is 0.897. The third kappa shape index (κ3) is 3.50. The van der Waals surface area contributed by atoms with Gasteiger partial charge in [0, 0.05) is 30.6 Å². The molecular weight excluding hydrogens is 270 g/mol. The van der Waals surface area contributed by atoms with Gasteiger partial charge in [0.1, 0.15) is 0 Å². The summed E-state index contributed by atoms with van der Waals surface area (Å²) in [6.07, 6.45) is 3.04. The smallest absolute Gasteiger partial charge is 0.211 e. The summed E-state index contributed by atoms with van der Waals surface area (Å²) in [6, 6.07) is 0.407. The zero-order valence-electron chi connectivity index (χ0n) is 10.7. The normalized spacial score (nSPS) is 19.2. The molecule has 7 heteroatoms. The summed E-state index contributed by atoms with van der Waals surface area (Å²) in [7, 11) is -3.02. The SMILES string of the molecule is Cc1ncsc1CNC1CCN(S(C)(=O)=O)CC1. The predicted molar refractivity (Wildman–Crippen MR) is 73.1 cm³/mol. The van der Waals surface area contributed by atoms with E-state index in [4.69, 9.17) is 0 Å². The number of piperidine rings is 1. The average Bonchev–Trinajstić information content (AvgIpc) is 2.72. The highest BCUT2D eigenvalue weighted by Crippen LogP contribution is 2.16. The molecule has 1 aliphatic rings. The molecule has 0 bridgehead atoms. The maximum absolute atomic E-state index is 11.4. The number of rotatable bonds is 4. The molecule has 0 atom stereocenters. The highest BCUT2D eigenvalue weighted by molar-refractivity contribution is 7.88. The number of nitrogens with one attached hydrogen (secondary N) is 1. The van der Waals surface area contributed by atoms with Gasteiger partial charge in [-0.25, -0.2) is 17.7 Å². The first-order valence-electron chi connectivity index (χ1n) is 6.04. The zero-order valence-corrected chi connectivity index (χ0v) is 12.4. The number of thiazole rings is 1. The van der Waals surface area contributed by atoms with Crippen molar-refractivity contribution < 1.29 is 8.42 Å². The summed E-state index contributed by atoms with van der Waals surface area (Å²) in [4.78, 5) is 5.48. The van der Waals surface area contributed by atoms with Gasteiger partial charge < -0.3 is 5.32 Å². The topological polar surface area (TPSA) is 62.3 Å². The van der Waals surface area contributed by atoms with Gasteiger partial charge in [0.2, 0.25) is 10.0 Å².